The summed E-state index contributed by atoms with van der Waals surface area (Å²) >= 11 is 0. The van der Waals surface area contributed by atoms with Crippen molar-refractivity contribution in [2.75, 3.05) is 13.2 Å². The van der Waals surface area contributed by atoms with Gasteiger partial charge in [0.05, 0.1) is 13.2 Å². The zero-order valence-electron chi connectivity index (χ0n) is 10.2. The first kappa shape index (κ1) is 13.9. The highest BCUT2D eigenvalue weighted by molar-refractivity contribution is 5.87. The fourth-order valence-electron chi connectivity index (χ4n) is 0.711. The molecule has 0 fully saturated rings. The molecule has 0 radical (unpaired) electrons. The lowest BCUT2D eigenvalue weighted by Crippen LogP contribution is -2.36. The molecule has 0 bridgehead atoms. The van der Waals surface area contributed by atoms with E-state index in [1.165, 1.54) is 0 Å². The first-order valence-electron chi connectivity index (χ1n) is 5.17. The molecule has 0 rings (SSSR count). The van der Waals surface area contributed by atoms with Crippen molar-refractivity contribution in [3.63, 3.8) is 0 Å². The normalized spacial score (nSPS) is 11.3. The topological polar surface area (TPSA) is 55.4 Å². The van der Waals surface area contributed by atoms with Crippen LogP contribution >= 0.6 is 0 Å². The summed E-state index contributed by atoms with van der Waals surface area (Å²) in [4.78, 5) is 22.5. The van der Waals surface area contributed by atoms with Gasteiger partial charge in [-0.3, -0.25) is 4.79 Å². The minimum atomic E-state index is -0.527. The van der Waals surface area contributed by atoms with Crippen molar-refractivity contribution in [1.82, 2.24) is 5.32 Å². The van der Waals surface area contributed by atoms with E-state index in [0.29, 0.717) is 12.5 Å². The van der Waals surface area contributed by atoms with Crippen molar-refractivity contribution in [3.8, 4) is 0 Å². The van der Waals surface area contributed by atoms with Gasteiger partial charge in [0.15, 0.2) is 5.78 Å². The van der Waals surface area contributed by atoms with E-state index in [-0.39, 0.29) is 12.3 Å². The summed E-state index contributed by atoms with van der Waals surface area (Å²) in [6, 6.07) is 0. The van der Waals surface area contributed by atoms with Crippen molar-refractivity contribution in [1.29, 1.82) is 0 Å². The number of Topliss-reactive ketones (excluding diaryl/α,β-unsaturated/α-hetero) is 1. The van der Waals surface area contributed by atoms with Crippen LogP contribution in [0, 0.1) is 11.3 Å². The van der Waals surface area contributed by atoms with Gasteiger partial charge in [-0.2, -0.15) is 0 Å². The van der Waals surface area contributed by atoms with E-state index in [1.54, 1.807) is 0 Å². The summed E-state index contributed by atoms with van der Waals surface area (Å²) in [5.41, 5.74) is -0.425. The summed E-state index contributed by atoms with van der Waals surface area (Å²) in [6.45, 7) is 9.75. The molecule has 0 aliphatic rings. The molecule has 0 aromatic carbocycles. The van der Waals surface area contributed by atoms with Crippen LogP contribution in [-0.4, -0.2) is 25.0 Å². The standard InChI is InChI=1S/C11H21NO3/c1-8(2)7-15-10(14)12-6-9(13)11(3,4)5/h8H,6-7H2,1-5H3,(H,12,14). The maximum absolute atomic E-state index is 11.4. The summed E-state index contributed by atoms with van der Waals surface area (Å²) in [5, 5.41) is 2.43. The third-order valence-corrected chi connectivity index (χ3v) is 1.78. The number of hydrogen-bond acceptors (Lipinski definition) is 3. The van der Waals surface area contributed by atoms with Crippen LogP contribution in [0.15, 0.2) is 0 Å². The van der Waals surface area contributed by atoms with Crippen LogP contribution in [-0.2, 0) is 9.53 Å². The van der Waals surface area contributed by atoms with E-state index in [9.17, 15) is 9.59 Å². The Morgan fingerprint density at radius 2 is 1.80 bits per heavy atom. The monoisotopic (exact) mass is 215 g/mol. The number of rotatable bonds is 4. The Morgan fingerprint density at radius 1 is 1.27 bits per heavy atom. The third kappa shape index (κ3) is 6.94. The highest BCUT2D eigenvalue weighted by atomic mass is 16.5. The van der Waals surface area contributed by atoms with Crippen molar-refractivity contribution in [2.45, 2.75) is 34.6 Å². The maximum Gasteiger partial charge on any atom is 0.407 e. The molecule has 0 spiro atoms. The molecule has 0 heterocycles. The average molecular weight is 215 g/mol. The largest absolute Gasteiger partial charge is 0.449 e. The molecule has 15 heavy (non-hydrogen) atoms. The van der Waals surface area contributed by atoms with Crippen LogP contribution in [0.2, 0.25) is 0 Å². The molecule has 0 atom stereocenters. The van der Waals surface area contributed by atoms with Crippen LogP contribution in [0.4, 0.5) is 4.79 Å². The van der Waals surface area contributed by atoms with E-state index >= 15 is 0 Å². The van der Waals surface area contributed by atoms with E-state index in [4.69, 9.17) is 4.74 Å². The van der Waals surface area contributed by atoms with Gasteiger partial charge in [-0.1, -0.05) is 34.6 Å². The number of alkyl carbamates (subject to hydrolysis) is 1. The van der Waals surface area contributed by atoms with E-state index < -0.39 is 11.5 Å². The van der Waals surface area contributed by atoms with Gasteiger partial charge in [-0.05, 0) is 5.92 Å². The number of carbonyl (C=O) groups excluding carboxylic acids is 2. The van der Waals surface area contributed by atoms with Crippen LogP contribution in [0.3, 0.4) is 0 Å². The molecule has 0 aliphatic carbocycles. The molecule has 0 aromatic rings. The SMILES string of the molecule is CC(C)COC(=O)NCC(=O)C(C)(C)C. The number of ketones is 1. The van der Waals surface area contributed by atoms with E-state index in [2.05, 4.69) is 5.32 Å². The highest BCUT2D eigenvalue weighted by Gasteiger charge is 2.21. The molecule has 88 valence electrons. The Bertz CT molecular complexity index is 228. The number of amides is 1. The van der Waals surface area contributed by atoms with Crippen molar-refractivity contribution < 1.29 is 14.3 Å². The van der Waals surface area contributed by atoms with Gasteiger partial charge in [0, 0.05) is 5.41 Å². The van der Waals surface area contributed by atoms with Crippen LogP contribution in [0.25, 0.3) is 0 Å². The van der Waals surface area contributed by atoms with Gasteiger partial charge >= 0.3 is 6.09 Å². The Morgan fingerprint density at radius 3 is 2.20 bits per heavy atom. The lowest BCUT2D eigenvalue weighted by Gasteiger charge is -2.16. The summed E-state index contributed by atoms with van der Waals surface area (Å²) in [6.07, 6.45) is -0.527. The van der Waals surface area contributed by atoms with Crippen LogP contribution in [0.5, 0.6) is 0 Å². The second-order valence-electron chi connectivity index (χ2n) is 5.02. The predicted molar refractivity (Wildman–Crippen MR) is 58.7 cm³/mol. The minimum Gasteiger partial charge on any atom is -0.449 e. The number of ether oxygens (including phenoxy) is 1. The molecule has 1 amide bonds. The quantitative estimate of drug-likeness (QED) is 0.780. The second-order valence-corrected chi connectivity index (χ2v) is 5.02. The van der Waals surface area contributed by atoms with E-state index in [1.807, 2.05) is 34.6 Å². The lowest BCUT2D eigenvalue weighted by atomic mass is 9.91. The fraction of sp³-hybridized carbons (Fsp3) is 0.818. The third-order valence-electron chi connectivity index (χ3n) is 1.78. The number of carbonyl (C=O) groups is 2. The van der Waals surface area contributed by atoms with Gasteiger partial charge < -0.3 is 10.1 Å². The summed E-state index contributed by atoms with van der Waals surface area (Å²) in [5.74, 6) is 0.290. The molecule has 0 aromatic heterocycles. The summed E-state index contributed by atoms with van der Waals surface area (Å²) in [7, 11) is 0. The Hall–Kier alpha value is -1.06. The van der Waals surface area contributed by atoms with E-state index in [0.717, 1.165) is 0 Å². The smallest absolute Gasteiger partial charge is 0.407 e. The Balaban J connectivity index is 3.77. The fourth-order valence-corrected chi connectivity index (χ4v) is 0.711. The minimum absolute atomic E-state index is 0.0102. The van der Waals surface area contributed by atoms with Gasteiger partial charge in [-0.15, -0.1) is 0 Å². The Labute approximate surface area is 91.4 Å². The molecule has 1 N–H and O–H groups in total. The Kier molecular flexibility index (Phi) is 5.33. The molecular formula is C11H21NO3. The zero-order valence-corrected chi connectivity index (χ0v) is 10.2. The zero-order chi connectivity index (χ0) is 12.1. The molecule has 0 aliphatic heterocycles. The lowest BCUT2D eigenvalue weighted by molar-refractivity contribution is -0.125. The number of nitrogens with one attached hydrogen (secondary N) is 1. The second kappa shape index (κ2) is 5.73. The van der Waals surface area contributed by atoms with Gasteiger partial charge in [0.1, 0.15) is 0 Å². The van der Waals surface area contributed by atoms with Crippen molar-refractivity contribution in [3.05, 3.63) is 0 Å². The molecule has 4 heteroatoms. The first-order valence-corrected chi connectivity index (χ1v) is 5.17. The molecular weight excluding hydrogens is 194 g/mol. The highest BCUT2D eigenvalue weighted by Crippen LogP contribution is 2.13. The van der Waals surface area contributed by atoms with Gasteiger partial charge in [0.25, 0.3) is 0 Å². The molecule has 0 saturated carbocycles. The van der Waals surface area contributed by atoms with Crippen LogP contribution < -0.4 is 5.32 Å². The van der Waals surface area contributed by atoms with Gasteiger partial charge in [-0.25, -0.2) is 4.79 Å². The van der Waals surface area contributed by atoms with Crippen molar-refractivity contribution in [2.24, 2.45) is 11.3 Å². The summed E-state index contributed by atoms with van der Waals surface area (Å²) < 4.78 is 4.86. The number of hydrogen-bond donors (Lipinski definition) is 1. The van der Waals surface area contributed by atoms with Crippen molar-refractivity contribution >= 4 is 11.9 Å². The van der Waals surface area contributed by atoms with Crippen LogP contribution in [0.1, 0.15) is 34.6 Å². The molecule has 4 nitrogen and oxygen atoms in total. The predicted octanol–water partition coefficient (Wildman–Crippen LogP) is 1.98. The average Bonchev–Trinajstić information content (AvgIpc) is 2.09. The first-order chi connectivity index (χ1) is 6.73. The molecule has 0 saturated heterocycles. The maximum atomic E-state index is 11.4. The molecule has 0 unspecified atom stereocenters. The van der Waals surface area contributed by atoms with Gasteiger partial charge in [0.2, 0.25) is 0 Å².